The van der Waals surface area contributed by atoms with Gasteiger partial charge in [0.2, 0.25) is 0 Å². The molecule has 28 heavy (non-hydrogen) atoms. The van der Waals surface area contributed by atoms with Gasteiger partial charge in [0.25, 0.3) is 0 Å². The van der Waals surface area contributed by atoms with Crippen LogP contribution in [0.1, 0.15) is 37.2 Å². The lowest BCUT2D eigenvalue weighted by Gasteiger charge is -2.33. The zero-order chi connectivity index (χ0) is 19.3. The minimum Gasteiger partial charge on any atom is -0.486 e. The second kappa shape index (κ2) is 8.99. The van der Waals surface area contributed by atoms with E-state index in [1.165, 1.54) is 19.3 Å². The third-order valence-electron chi connectivity index (χ3n) is 6.14. The number of rotatable bonds is 8. The molecular formula is C22H29N3O3. The zero-order valence-electron chi connectivity index (χ0n) is 16.1. The van der Waals surface area contributed by atoms with E-state index in [0.29, 0.717) is 31.3 Å². The normalized spacial score (nSPS) is 27.5. The lowest BCUT2D eigenvalue weighted by molar-refractivity contribution is 0.0714. The Morgan fingerprint density at radius 3 is 2.64 bits per heavy atom. The number of nitrogens with zero attached hydrogens (tertiary/aromatic N) is 2. The Hall–Kier alpha value is -2.02. The van der Waals surface area contributed by atoms with E-state index in [0.717, 1.165) is 11.4 Å². The standard InChI is InChI=1S/C22H29N3O3/c26-13-19-18(20(12-21(19)27)24-15-5-4-6-15)11-16-9-10-23-22(25-16)14-28-17-7-2-1-3-8-17/h1-3,7-10,15,18-21,24,26-27H,4-6,11-14H2/t18-,19-,20-,21-/m1/s1. The molecule has 1 heterocycles. The highest BCUT2D eigenvalue weighted by Crippen LogP contribution is 2.36. The van der Waals surface area contributed by atoms with Gasteiger partial charge in [0.1, 0.15) is 12.4 Å². The first-order chi connectivity index (χ1) is 13.7. The average molecular weight is 383 g/mol. The number of nitrogens with one attached hydrogen (secondary N) is 1. The summed E-state index contributed by atoms with van der Waals surface area (Å²) >= 11 is 0. The van der Waals surface area contributed by atoms with Crippen molar-refractivity contribution in [2.45, 2.75) is 56.9 Å². The number of para-hydroxylation sites is 1. The molecule has 3 N–H and O–H groups in total. The van der Waals surface area contributed by atoms with Gasteiger partial charge in [0.05, 0.1) is 6.10 Å². The van der Waals surface area contributed by atoms with Gasteiger partial charge in [0, 0.05) is 36.5 Å². The summed E-state index contributed by atoms with van der Waals surface area (Å²) in [5.74, 6) is 1.49. The highest BCUT2D eigenvalue weighted by molar-refractivity contribution is 5.21. The lowest BCUT2D eigenvalue weighted by atomic mass is 9.86. The molecule has 0 unspecified atom stereocenters. The highest BCUT2D eigenvalue weighted by Gasteiger charge is 2.43. The highest BCUT2D eigenvalue weighted by atomic mass is 16.5. The number of aliphatic hydroxyl groups excluding tert-OH is 2. The molecule has 1 aromatic carbocycles. The average Bonchev–Trinajstić information content (AvgIpc) is 2.98. The maximum absolute atomic E-state index is 10.4. The zero-order valence-corrected chi connectivity index (χ0v) is 16.1. The smallest absolute Gasteiger partial charge is 0.166 e. The van der Waals surface area contributed by atoms with Crippen LogP contribution in [0.2, 0.25) is 0 Å². The van der Waals surface area contributed by atoms with Crippen LogP contribution in [0.4, 0.5) is 0 Å². The summed E-state index contributed by atoms with van der Waals surface area (Å²) in [4.78, 5) is 8.99. The molecule has 4 rings (SSSR count). The molecule has 2 saturated carbocycles. The topological polar surface area (TPSA) is 87.5 Å². The molecule has 2 aromatic rings. The van der Waals surface area contributed by atoms with Crippen molar-refractivity contribution in [2.75, 3.05) is 6.61 Å². The molecular weight excluding hydrogens is 354 g/mol. The van der Waals surface area contributed by atoms with Gasteiger partial charge in [0.15, 0.2) is 5.82 Å². The number of aliphatic hydroxyl groups is 2. The fraction of sp³-hybridized carbons (Fsp3) is 0.545. The third kappa shape index (κ3) is 4.51. The van der Waals surface area contributed by atoms with Crippen molar-refractivity contribution in [2.24, 2.45) is 11.8 Å². The molecule has 2 aliphatic rings. The molecule has 0 bridgehead atoms. The summed E-state index contributed by atoms with van der Waals surface area (Å²) in [5, 5.41) is 24.0. The summed E-state index contributed by atoms with van der Waals surface area (Å²) in [6.45, 7) is 0.321. The van der Waals surface area contributed by atoms with E-state index < -0.39 is 6.10 Å². The monoisotopic (exact) mass is 383 g/mol. The molecule has 2 fully saturated rings. The SMILES string of the molecule is OC[C@@H]1[C@@H](Cc2ccnc(COc3ccccc3)n2)[C@H](NC2CCC2)C[C@H]1O. The first-order valence-corrected chi connectivity index (χ1v) is 10.3. The first-order valence-electron chi connectivity index (χ1n) is 10.3. The lowest BCUT2D eigenvalue weighted by Crippen LogP contribution is -2.45. The van der Waals surface area contributed by atoms with Gasteiger partial charge in [-0.2, -0.15) is 0 Å². The first kappa shape index (κ1) is 19.3. The second-order valence-corrected chi connectivity index (χ2v) is 7.98. The summed E-state index contributed by atoms with van der Waals surface area (Å²) in [5.41, 5.74) is 0.930. The second-order valence-electron chi connectivity index (χ2n) is 7.98. The van der Waals surface area contributed by atoms with Crippen LogP contribution < -0.4 is 10.1 Å². The van der Waals surface area contributed by atoms with Crippen molar-refractivity contribution < 1.29 is 14.9 Å². The maximum atomic E-state index is 10.4. The van der Waals surface area contributed by atoms with Crippen LogP contribution in [-0.4, -0.2) is 45.0 Å². The summed E-state index contributed by atoms with van der Waals surface area (Å²) in [6.07, 6.45) is 6.40. The van der Waals surface area contributed by atoms with Gasteiger partial charge in [-0.15, -0.1) is 0 Å². The minimum absolute atomic E-state index is 0.00371. The van der Waals surface area contributed by atoms with Crippen molar-refractivity contribution in [1.29, 1.82) is 0 Å². The Morgan fingerprint density at radius 2 is 1.93 bits per heavy atom. The van der Waals surface area contributed by atoms with Crippen molar-refractivity contribution in [3.05, 3.63) is 54.1 Å². The van der Waals surface area contributed by atoms with Crippen LogP contribution in [-0.2, 0) is 13.0 Å². The van der Waals surface area contributed by atoms with Gasteiger partial charge in [-0.05, 0) is 49.8 Å². The molecule has 1 aromatic heterocycles. The van der Waals surface area contributed by atoms with E-state index >= 15 is 0 Å². The molecule has 0 radical (unpaired) electrons. The summed E-state index contributed by atoms with van der Waals surface area (Å²) in [6, 6.07) is 12.3. The molecule has 0 amide bonds. The molecule has 6 nitrogen and oxygen atoms in total. The van der Waals surface area contributed by atoms with Crippen molar-refractivity contribution in [1.82, 2.24) is 15.3 Å². The third-order valence-corrected chi connectivity index (χ3v) is 6.14. The number of hydrogen-bond donors (Lipinski definition) is 3. The molecule has 4 atom stereocenters. The molecule has 6 heteroatoms. The molecule has 2 aliphatic carbocycles. The van der Waals surface area contributed by atoms with Crippen LogP contribution in [0, 0.1) is 11.8 Å². The molecule has 0 aliphatic heterocycles. The van der Waals surface area contributed by atoms with Gasteiger partial charge in [-0.1, -0.05) is 24.6 Å². The Morgan fingerprint density at radius 1 is 1.11 bits per heavy atom. The maximum Gasteiger partial charge on any atom is 0.166 e. The predicted molar refractivity (Wildman–Crippen MR) is 106 cm³/mol. The Balaban J connectivity index is 1.42. The summed E-state index contributed by atoms with van der Waals surface area (Å²) in [7, 11) is 0. The Bertz CT molecular complexity index is 754. The van der Waals surface area contributed by atoms with E-state index in [2.05, 4.69) is 15.3 Å². The Kier molecular flexibility index (Phi) is 6.20. The number of hydrogen-bond acceptors (Lipinski definition) is 6. The Labute approximate surface area is 166 Å². The largest absolute Gasteiger partial charge is 0.486 e. The van der Waals surface area contributed by atoms with E-state index in [-0.39, 0.29) is 24.5 Å². The van der Waals surface area contributed by atoms with Crippen molar-refractivity contribution in [3.63, 3.8) is 0 Å². The minimum atomic E-state index is -0.463. The number of ether oxygens (including phenoxy) is 1. The molecule has 0 spiro atoms. The number of benzene rings is 1. The van der Waals surface area contributed by atoms with E-state index in [1.807, 2.05) is 36.4 Å². The van der Waals surface area contributed by atoms with E-state index in [4.69, 9.17) is 4.74 Å². The van der Waals surface area contributed by atoms with Gasteiger partial charge < -0.3 is 20.3 Å². The molecule has 0 saturated heterocycles. The van der Waals surface area contributed by atoms with Crippen LogP contribution in [0.25, 0.3) is 0 Å². The van der Waals surface area contributed by atoms with Crippen LogP contribution >= 0.6 is 0 Å². The van der Waals surface area contributed by atoms with E-state index in [1.54, 1.807) is 6.20 Å². The molecule has 150 valence electrons. The van der Waals surface area contributed by atoms with Gasteiger partial charge in [-0.3, -0.25) is 0 Å². The van der Waals surface area contributed by atoms with Crippen molar-refractivity contribution in [3.8, 4) is 5.75 Å². The number of aromatic nitrogens is 2. The predicted octanol–water partition coefficient (Wildman–Crippen LogP) is 2.10. The van der Waals surface area contributed by atoms with Crippen LogP contribution in [0.5, 0.6) is 5.75 Å². The van der Waals surface area contributed by atoms with Gasteiger partial charge in [-0.25, -0.2) is 9.97 Å². The quantitative estimate of drug-likeness (QED) is 0.647. The van der Waals surface area contributed by atoms with E-state index in [9.17, 15) is 10.2 Å². The van der Waals surface area contributed by atoms with Crippen molar-refractivity contribution >= 4 is 0 Å². The van der Waals surface area contributed by atoms with Crippen LogP contribution in [0.15, 0.2) is 42.6 Å². The fourth-order valence-corrected chi connectivity index (χ4v) is 4.34. The fourth-order valence-electron chi connectivity index (χ4n) is 4.34. The van der Waals surface area contributed by atoms with Crippen LogP contribution in [0.3, 0.4) is 0 Å². The summed E-state index contributed by atoms with van der Waals surface area (Å²) < 4.78 is 5.75. The van der Waals surface area contributed by atoms with Gasteiger partial charge >= 0.3 is 0 Å².